The van der Waals surface area contributed by atoms with Crippen LogP contribution in [0.15, 0.2) is 30.5 Å². The number of anilines is 2. The Morgan fingerprint density at radius 3 is 3.05 bits per heavy atom. The molecule has 1 aliphatic heterocycles. The van der Waals surface area contributed by atoms with Crippen LogP contribution in [0, 0.1) is 0 Å². The van der Waals surface area contributed by atoms with Crippen molar-refractivity contribution in [2.75, 3.05) is 37.3 Å². The van der Waals surface area contributed by atoms with Crippen molar-refractivity contribution in [3.8, 4) is 0 Å². The van der Waals surface area contributed by atoms with E-state index in [1.807, 2.05) is 18.3 Å². The summed E-state index contributed by atoms with van der Waals surface area (Å²) < 4.78 is 0. The van der Waals surface area contributed by atoms with Gasteiger partial charge in [0, 0.05) is 42.6 Å². The molecule has 2 heterocycles. The largest absolute Gasteiger partial charge is 0.399 e. The zero-order chi connectivity index (χ0) is 14.8. The molecule has 1 aliphatic rings. The van der Waals surface area contributed by atoms with Gasteiger partial charge < -0.3 is 10.6 Å². The van der Waals surface area contributed by atoms with E-state index in [9.17, 15) is 0 Å². The van der Waals surface area contributed by atoms with E-state index in [0.717, 1.165) is 24.3 Å². The molecule has 1 fully saturated rings. The van der Waals surface area contributed by atoms with Crippen molar-refractivity contribution in [2.24, 2.45) is 0 Å². The van der Waals surface area contributed by atoms with Crippen LogP contribution in [0.2, 0.25) is 0 Å². The molecular formula is C17H24N4. The Balaban J connectivity index is 1.86. The number of nitrogen functional groups attached to an aromatic ring is 1. The molecular weight excluding hydrogens is 260 g/mol. The zero-order valence-corrected chi connectivity index (χ0v) is 12.9. The third kappa shape index (κ3) is 2.81. The molecule has 1 saturated heterocycles. The van der Waals surface area contributed by atoms with Gasteiger partial charge in [-0.1, -0.05) is 6.92 Å². The van der Waals surface area contributed by atoms with Gasteiger partial charge in [0.05, 0.1) is 5.52 Å². The molecule has 0 radical (unpaired) electrons. The van der Waals surface area contributed by atoms with Crippen LogP contribution in [0.25, 0.3) is 10.9 Å². The molecule has 21 heavy (non-hydrogen) atoms. The number of fused-ring (bicyclic) bond motifs is 1. The summed E-state index contributed by atoms with van der Waals surface area (Å²) in [6.07, 6.45) is 4.49. The van der Waals surface area contributed by atoms with Gasteiger partial charge >= 0.3 is 0 Å². The molecule has 2 aromatic rings. The first-order valence-corrected chi connectivity index (χ1v) is 7.78. The van der Waals surface area contributed by atoms with Gasteiger partial charge in [0.15, 0.2) is 0 Å². The van der Waals surface area contributed by atoms with Crippen molar-refractivity contribution in [3.63, 3.8) is 0 Å². The fraction of sp³-hybridized carbons (Fsp3) is 0.471. The second-order valence-corrected chi connectivity index (χ2v) is 5.91. The van der Waals surface area contributed by atoms with E-state index in [1.165, 1.54) is 30.5 Å². The van der Waals surface area contributed by atoms with Crippen molar-refractivity contribution in [1.29, 1.82) is 0 Å². The van der Waals surface area contributed by atoms with Gasteiger partial charge in [-0.3, -0.25) is 9.88 Å². The number of nitrogens with zero attached hydrogens (tertiary/aromatic N) is 3. The summed E-state index contributed by atoms with van der Waals surface area (Å²) in [5.74, 6) is 0. The van der Waals surface area contributed by atoms with Gasteiger partial charge in [-0.25, -0.2) is 0 Å². The molecule has 4 heteroatoms. The number of likely N-dealkylation sites (N-methyl/N-ethyl adjacent to an activating group) is 2. The van der Waals surface area contributed by atoms with E-state index in [4.69, 9.17) is 5.73 Å². The molecule has 112 valence electrons. The lowest BCUT2D eigenvalue weighted by molar-refractivity contribution is 0.271. The van der Waals surface area contributed by atoms with E-state index in [-0.39, 0.29) is 0 Å². The summed E-state index contributed by atoms with van der Waals surface area (Å²) in [6.45, 7) is 5.70. The number of likely N-dealkylation sites (tertiary alicyclic amines) is 1. The number of nitrogens with two attached hydrogens (primary N) is 1. The molecule has 3 rings (SSSR count). The van der Waals surface area contributed by atoms with Gasteiger partial charge in [-0.05, 0) is 50.2 Å². The first kappa shape index (κ1) is 14.1. The molecule has 0 bridgehead atoms. The van der Waals surface area contributed by atoms with Crippen molar-refractivity contribution in [1.82, 2.24) is 9.88 Å². The lowest BCUT2D eigenvalue weighted by Gasteiger charge is -2.29. The molecule has 2 N–H and O–H groups in total. The van der Waals surface area contributed by atoms with Crippen LogP contribution in [0.4, 0.5) is 11.4 Å². The fourth-order valence-corrected chi connectivity index (χ4v) is 3.42. The van der Waals surface area contributed by atoms with Crippen LogP contribution < -0.4 is 10.6 Å². The van der Waals surface area contributed by atoms with Crippen molar-refractivity contribution in [2.45, 2.75) is 25.8 Å². The van der Waals surface area contributed by atoms with E-state index in [0.29, 0.717) is 6.04 Å². The summed E-state index contributed by atoms with van der Waals surface area (Å²) in [6, 6.07) is 8.74. The summed E-state index contributed by atoms with van der Waals surface area (Å²) in [7, 11) is 2.18. The Morgan fingerprint density at radius 1 is 1.38 bits per heavy atom. The Morgan fingerprint density at radius 2 is 2.24 bits per heavy atom. The quantitative estimate of drug-likeness (QED) is 0.877. The zero-order valence-electron chi connectivity index (χ0n) is 12.9. The Labute approximate surface area is 126 Å². The predicted octanol–water partition coefficient (Wildman–Crippen LogP) is 2.74. The number of rotatable bonds is 4. The molecule has 1 unspecified atom stereocenters. The Kier molecular flexibility index (Phi) is 3.97. The summed E-state index contributed by atoms with van der Waals surface area (Å²) in [5, 5.41) is 1.18. The topological polar surface area (TPSA) is 45.4 Å². The summed E-state index contributed by atoms with van der Waals surface area (Å²) in [5.41, 5.74) is 8.83. The Hall–Kier alpha value is -1.81. The second kappa shape index (κ2) is 5.90. The first-order valence-electron chi connectivity index (χ1n) is 7.78. The monoisotopic (exact) mass is 284 g/mol. The molecule has 0 amide bonds. The smallest absolute Gasteiger partial charge is 0.0743 e. The van der Waals surface area contributed by atoms with Crippen molar-refractivity contribution < 1.29 is 0 Å². The first-order chi connectivity index (χ1) is 10.2. The number of pyridine rings is 1. The van der Waals surface area contributed by atoms with Crippen LogP contribution in [-0.4, -0.2) is 42.6 Å². The second-order valence-electron chi connectivity index (χ2n) is 5.91. The van der Waals surface area contributed by atoms with Gasteiger partial charge in [-0.2, -0.15) is 0 Å². The SMILES string of the molecule is CCN1CCCC1CN(C)c1ccnc2cc(N)ccc12. The van der Waals surface area contributed by atoms with Gasteiger partial charge in [0.1, 0.15) is 0 Å². The molecule has 0 spiro atoms. The lowest BCUT2D eigenvalue weighted by atomic mass is 10.1. The lowest BCUT2D eigenvalue weighted by Crippen LogP contribution is -2.38. The maximum atomic E-state index is 5.86. The number of hydrogen-bond donors (Lipinski definition) is 1. The maximum Gasteiger partial charge on any atom is 0.0743 e. The minimum atomic E-state index is 0.664. The van der Waals surface area contributed by atoms with E-state index in [1.54, 1.807) is 0 Å². The molecule has 0 aliphatic carbocycles. The van der Waals surface area contributed by atoms with E-state index >= 15 is 0 Å². The maximum absolute atomic E-state index is 5.86. The average molecular weight is 284 g/mol. The Bertz CT molecular complexity index is 625. The number of aromatic nitrogens is 1. The standard InChI is InChI=1S/C17H24N4/c1-3-21-10-4-5-14(21)12-20(2)17-8-9-19-16-11-13(18)6-7-15(16)17/h6-9,11,14H,3-5,10,12,18H2,1-2H3. The molecule has 1 atom stereocenters. The highest BCUT2D eigenvalue weighted by atomic mass is 15.2. The molecule has 1 aromatic heterocycles. The van der Waals surface area contributed by atoms with Gasteiger partial charge in [0.2, 0.25) is 0 Å². The van der Waals surface area contributed by atoms with Crippen LogP contribution in [0.5, 0.6) is 0 Å². The highest BCUT2D eigenvalue weighted by Gasteiger charge is 2.24. The minimum absolute atomic E-state index is 0.664. The van der Waals surface area contributed by atoms with Crippen LogP contribution in [0.1, 0.15) is 19.8 Å². The predicted molar refractivity (Wildman–Crippen MR) is 89.7 cm³/mol. The third-order valence-corrected chi connectivity index (χ3v) is 4.54. The normalized spacial score (nSPS) is 19.2. The van der Waals surface area contributed by atoms with Crippen LogP contribution >= 0.6 is 0 Å². The van der Waals surface area contributed by atoms with Crippen LogP contribution in [0.3, 0.4) is 0 Å². The van der Waals surface area contributed by atoms with Crippen LogP contribution in [-0.2, 0) is 0 Å². The highest BCUT2D eigenvalue weighted by Crippen LogP contribution is 2.27. The highest BCUT2D eigenvalue weighted by molar-refractivity contribution is 5.93. The number of hydrogen-bond acceptors (Lipinski definition) is 4. The fourth-order valence-electron chi connectivity index (χ4n) is 3.42. The number of benzene rings is 1. The minimum Gasteiger partial charge on any atom is -0.399 e. The van der Waals surface area contributed by atoms with E-state index < -0.39 is 0 Å². The molecule has 4 nitrogen and oxygen atoms in total. The van der Waals surface area contributed by atoms with Crippen molar-refractivity contribution in [3.05, 3.63) is 30.5 Å². The molecule has 0 saturated carbocycles. The van der Waals surface area contributed by atoms with Gasteiger partial charge in [-0.15, -0.1) is 0 Å². The average Bonchev–Trinajstić information content (AvgIpc) is 2.93. The summed E-state index contributed by atoms with van der Waals surface area (Å²) >= 11 is 0. The van der Waals surface area contributed by atoms with E-state index in [2.05, 4.69) is 40.9 Å². The third-order valence-electron chi connectivity index (χ3n) is 4.54. The van der Waals surface area contributed by atoms with Crippen molar-refractivity contribution >= 4 is 22.3 Å². The molecule has 1 aromatic carbocycles. The van der Waals surface area contributed by atoms with Gasteiger partial charge in [0.25, 0.3) is 0 Å². The summed E-state index contributed by atoms with van der Waals surface area (Å²) in [4.78, 5) is 9.37.